The van der Waals surface area contributed by atoms with Gasteiger partial charge < -0.3 is 29.2 Å². The van der Waals surface area contributed by atoms with E-state index in [1.165, 1.54) is 57.6 Å². The molecule has 0 aliphatic heterocycles. The van der Waals surface area contributed by atoms with E-state index in [-0.39, 0.29) is 40.5 Å². The molecule has 0 heterocycles. The standard InChI is InChI=1S/C33H43N3O8S/c1-23(2)21-34-33(38)24(3)35(18-17-25-11-9-8-10-12-25)32(37)22-36(28-19-26(41-4)13-15-29(28)42-5)45(39,40)27-14-16-30(43-6)31(20-27)44-7/h8-16,19-20,23-24H,17-18,21-22H2,1-7H3,(H,34,38)/t24-/m0/s1. The quantitative estimate of drug-likeness (QED) is 0.248. The van der Waals surface area contributed by atoms with Crippen LogP contribution in [0.15, 0.2) is 71.6 Å². The molecule has 2 amide bonds. The van der Waals surface area contributed by atoms with Crippen molar-refractivity contribution in [1.29, 1.82) is 0 Å². The number of amides is 2. The molecule has 0 fully saturated rings. The topological polar surface area (TPSA) is 124 Å². The largest absolute Gasteiger partial charge is 0.497 e. The lowest BCUT2D eigenvalue weighted by molar-refractivity contribution is -0.138. The molecule has 0 unspecified atom stereocenters. The number of benzene rings is 3. The lowest BCUT2D eigenvalue weighted by Gasteiger charge is -2.32. The molecule has 0 aliphatic rings. The number of hydrogen-bond acceptors (Lipinski definition) is 8. The number of anilines is 1. The summed E-state index contributed by atoms with van der Waals surface area (Å²) in [4.78, 5) is 28.7. The van der Waals surface area contributed by atoms with Crippen molar-refractivity contribution in [1.82, 2.24) is 10.2 Å². The number of nitrogens with one attached hydrogen (secondary N) is 1. The van der Waals surface area contributed by atoms with Crippen LogP contribution in [-0.2, 0) is 26.0 Å². The molecule has 12 heteroatoms. The van der Waals surface area contributed by atoms with E-state index >= 15 is 0 Å². The zero-order valence-corrected chi connectivity index (χ0v) is 27.7. The molecule has 1 N–H and O–H groups in total. The minimum absolute atomic E-state index is 0.0832. The highest BCUT2D eigenvalue weighted by molar-refractivity contribution is 7.92. The monoisotopic (exact) mass is 641 g/mol. The summed E-state index contributed by atoms with van der Waals surface area (Å²) in [6, 6.07) is 17.5. The Morgan fingerprint density at radius 1 is 0.800 bits per heavy atom. The summed E-state index contributed by atoms with van der Waals surface area (Å²) >= 11 is 0. The third-order valence-electron chi connectivity index (χ3n) is 7.21. The van der Waals surface area contributed by atoms with Crippen molar-refractivity contribution in [2.75, 3.05) is 52.4 Å². The summed E-state index contributed by atoms with van der Waals surface area (Å²) in [5.41, 5.74) is 1.05. The van der Waals surface area contributed by atoms with Crippen molar-refractivity contribution < 1.29 is 37.0 Å². The van der Waals surface area contributed by atoms with Gasteiger partial charge in [0.2, 0.25) is 11.8 Å². The van der Waals surface area contributed by atoms with Crippen LogP contribution in [0.25, 0.3) is 0 Å². The minimum Gasteiger partial charge on any atom is -0.497 e. The van der Waals surface area contributed by atoms with Gasteiger partial charge in [0.05, 0.1) is 39.0 Å². The van der Waals surface area contributed by atoms with Crippen LogP contribution in [-0.4, -0.2) is 79.2 Å². The summed E-state index contributed by atoms with van der Waals surface area (Å²) in [6.45, 7) is 5.57. The highest BCUT2D eigenvalue weighted by Gasteiger charge is 2.34. The molecule has 11 nitrogen and oxygen atoms in total. The van der Waals surface area contributed by atoms with Gasteiger partial charge in [-0.25, -0.2) is 8.42 Å². The van der Waals surface area contributed by atoms with E-state index in [1.807, 2.05) is 44.2 Å². The van der Waals surface area contributed by atoms with E-state index in [9.17, 15) is 18.0 Å². The first-order valence-electron chi connectivity index (χ1n) is 14.5. The summed E-state index contributed by atoms with van der Waals surface area (Å²) in [6.07, 6.45) is 0.458. The van der Waals surface area contributed by atoms with E-state index in [2.05, 4.69) is 5.32 Å². The summed E-state index contributed by atoms with van der Waals surface area (Å²) < 4.78 is 51.3. The van der Waals surface area contributed by atoms with Gasteiger partial charge in [0.25, 0.3) is 10.0 Å². The number of sulfonamides is 1. The minimum atomic E-state index is -4.42. The molecule has 0 aliphatic carbocycles. The van der Waals surface area contributed by atoms with Crippen molar-refractivity contribution in [3.63, 3.8) is 0 Å². The number of rotatable bonds is 16. The second-order valence-electron chi connectivity index (χ2n) is 10.7. The van der Waals surface area contributed by atoms with Crippen LogP contribution in [0.4, 0.5) is 5.69 Å². The van der Waals surface area contributed by atoms with E-state index in [1.54, 1.807) is 19.1 Å². The maximum Gasteiger partial charge on any atom is 0.265 e. The Balaban J connectivity index is 2.11. The maximum atomic E-state index is 14.4. The van der Waals surface area contributed by atoms with Crippen molar-refractivity contribution >= 4 is 27.5 Å². The van der Waals surface area contributed by atoms with Crippen molar-refractivity contribution in [2.24, 2.45) is 5.92 Å². The second kappa shape index (κ2) is 16.0. The SMILES string of the molecule is COc1ccc(OC)c(N(CC(=O)N(CCc2ccccc2)[C@@H](C)C(=O)NCC(C)C)S(=O)(=O)c2ccc(OC)c(OC)c2)c1. The molecular formula is C33H43N3O8S. The summed E-state index contributed by atoms with van der Waals surface area (Å²) in [5.74, 6) is 0.385. The Kier molecular flexibility index (Phi) is 12.5. The van der Waals surface area contributed by atoms with Crippen molar-refractivity contribution in [3.8, 4) is 23.0 Å². The van der Waals surface area contributed by atoms with E-state index in [4.69, 9.17) is 18.9 Å². The predicted octanol–water partition coefficient (Wildman–Crippen LogP) is 4.15. The maximum absolute atomic E-state index is 14.4. The number of carbonyl (C=O) groups excluding carboxylic acids is 2. The van der Waals surface area contributed by atoms with Crippen LogP contribution in [0.5, 0.6) is 23.0 Å². The van der Waals surface area contributed by atoms with Crippen LogP contribution in [0.2, 0.25) is 0 Å². The zero-order valence-electron chi connectivity index (χ0n) is 26.9. The number of carbonyl (C=O) groups is 2. The van der Waals surface area contributed by atoms with Gasteiger partial charge in [0.1, 0.15) is 24.1 Å². The first-order valence-corrected chi connectivity index (χ1v) is 16.0. The Morgan fingerprint density at radius 2 is 1.44 bits per heavy atom. The normalized spacial score (nSPS) is 11.8. The van der Waals surface area contributed by atoms with E-state index < -0.39 is 28.5 Å². The number of hydrogen-bond donors (Lipinski definition) is 1. The molecule has 3 aromatic rings. The van der Waals surface area contributed by atoms with Crippen molar-refractivity contribution in [3.05, 3.63) is 72.3 Å². The fourth-order valence-electron chi connectivity index (χ4n) is 4.63. The van der Waals surface area contributed by atoms with Gasteiger partial charge in [-0.2, -0.15) is 0 Å². The first kappa shape index (κ1) is 35.0. The molecule has 3 aromatic carbocycles. The second-order valence-corrected chi connectivity index (χ2v) is 12.6. The molecule has 0 saturated heterocycles. The fraction of sp³-hybridized carbons (Fsp3) is 0.394. The lowest BCUT2D eigenvalue weighted by atomic mass is 10.1. The Bertz CT molecular complexity index is 1550. The van der Waals surface area contributed by atoms with Crippen LogP contribution >= 0.6 is 0 Å². The Labute approximate surface area is 266 Å². The summed E-state index contributed by atoms with van der Waals surface area (Å²) in [5, 5.41) is 2.89. The molecule has 0 radical (unpaired) electrons. The third kappa shape index (κ3) is 8.81. The van der Waals surface area contributed by atoms with Crippen LogP contribution in [0, 0.1) is 5.92 Å². The van der Waals surface area contributed by atoms with E-state index in [0.29, 0.717) is 24.5 Å². The Morgan fingerprint density at radius 3 is 2.04 bits per heavy atom. The highest BCUT2D eigenvalue weighted by atomic mass is 32.2. The van der Waals surface area contributed by atoms with Crippen LogP contribution < -0.4 is 28.6 Å². The van der Waals surface area contributed by atoms with Gasteiger partial charge in [-0.05, 0) is 49.1 Å². The van der Waals surface area contributed by atoms with Gasteiger partial charge in [-0.15, -0.1) is 0 Å². The number of methoxy groups -OCH3 is 4. The molecule has 45 heavy (non-hydrogen) atoms. The summed E-state index contributed by atoms with van der Waals surface area (Å²) in [7, 11) is 1.28. The number of ether oxygens (including phenoxy) is 4. The van der Waals surface area contributed by atoms with E-state index in [0.717, 1.165) is 9.87 Å². The Hall–Kier alpha value is -4.45. The molecule has 0 saturated carbocycles. The van der Waals surface area contributed by atoms with Gasteiger partial charge in [0, 0.05) is 25.2 Å². The van der Waals surface area contributed by atoms with Gasteiger partial charge in [-0.1, -0.05) is 44.2 Å². The van der Waals surface area contributed by atoms with Gasteiger partial charge in [0.15, 0.2) is 11.5 Å². The average Bonchev–Trinajstić information content (AvgIpc) is 3.05. The predicted molar refractivity (Wildman–Crippen MR) is 173 cm³/mol. The number of nitrogens with zero attached hydrogens (tertiary/aromatic N) is 2. The molecule has 244 valence electrons. The zero-order chi connectivity index (χ0) is 33.1. The van der Waals surface area contributed by atoms with Gasteiger partial charge in [-0.3, -0.25) is 13.9 Å². The molecule has 0 bridgehead atoms. The average molecular weight is 642 g/mol. The van der Waals surface area contributed by atoms with Crippen LogP contribution in [0.1, 0.15) is 26.3 Å². The molecule has 0 spiro atoms. The molecule has 0 aromatic heterocycles. The smallest absolute Gasteiger partial charge is 0.265 e. The first-order chi connectivity index (χ1) is 21.5. The van der Waals surface area contributed by atoms with Crippen LogP contribution in [0.3, 0.4) is 0 Å². The molecule has 1 atom stereocenters. The fourth-order valence-corrected chi connectivity index (χ4v) is 6.06. The molecule has 3 rings (SSSR count). The van der Waals surface area contributed by atoms with Gasteiger partial charge >= 0.3 is 0 Å². The third-order valence-corrected chi connectivity index (χ3v) is 8.97. The highest BCUT2D eigenvalue weighted by Crippen LogP contribution is 2.37. The van der Waals surface area contributed by atoms with Crippen molar-refractivity contribution in [2.45, 2.75) is 38.1 Å². The molecular weight excluding hydrogens is 598 g/mol. The lowest BCUT2D eigenvalue weighted by Crippen LogP contribution is -2.52.